The Labute approximate surface area is 90.9 Å². The number of carbonyl (C=O) groups is 1. The van der Waals surface area contributed by atoms with Crippen molar-refractivity contribution < 1.29 is 4.79 Å². The lowest BCUT2D eigenvalue weighted by molar-refractivity contribution is 0.256. The second kappa shape index (κ2) is 5.71. The van der Waals surface area contributed by atoms with E-state index in [0.717, 1.165) is 11.3 Å². The fourth-order valence-electron chi connectivity index (χ4n) is 0.899. The summed E-state index contributed by atoms with van der Waals surface area (Å²) in [6.07, 6.45) is 0. The van der Waals surface area contributed by atoms with Gasteiger partial charge in [0.25, 0.3) is 0 Å². The summed E-state index contributed by atoms with van der Waals surface area (Å²) in [5.74, 6) is 0. The standard InChI is InChI=1S/C8H6N2S.CH4N2O/c1-2-4-7(5-3-1)8-6-11-10-9-8;2-1(3)4/h1-6H;(H4,2,3,4). The van der Waals surface area contributed by atoms with Crippen LogP contribution < -0.4 is 11.5 Å². The van der Waals surface area contributed by atoms with E-state index in [2.05, 4.69) is 21.1 Å². The first-order chi connectivity index (χ1) is 7.20. The first kappa shape index (κ1) is 11.1. The molecule has 0 aliphatic carbocycles. The average Bonchev–Trinajstić information content (AvgIpc) is 2.71. The zero-order valence-corrected chi connectivity index (χ0v) is 8.65. The molecule has 4 N–H and O–H groups in total. The molecular weight excluding hydrogens is 212 g/mol. The van der Waals surface area contributed by atoms with Crippen LogP contribution in [-0.2, 0) is 0 Å². The van der Waals surface area contributed by atoms with Gasteiger partial charge in [-0.3, -0.25) is 0 Å². The highest BCUT2D eigenvalue weighted by Gasteiger charge is 1.96. The minimum absolute atomic E-state index is 0.833. The first-order valence-corrected chi connectivity index (χ1v) is 4.91. The number of aromatic nitrogens is 2. The van der Waals surface area contributed by atoms with Crippen LogP contribution in [0.15, 0.2) is 35.7 Å². The Morgan fingerprint density at radius 1 is 1.20 bits per heavy atom. The molecule has 0 spiro atoms. The molecule has 0 saturated heterocycles. The van der Waals surface area contributed by atoms with Crippen LogP contribution in [0.1, 0.15) is 0 Å². The average molecular weight is 222 g/mol. The van der Waals surface area contributed by atoms with Gasteiger partial charge in [0.15, 0.2) is 0 Å². The zero-order valence-electron chi connectivity index (χ0n) is 7.83. The van der Waals surface area contributed by atoms with E-state index in [4.69, 9.17) is 4.79 Å². The summed E-state index contributed by atoms with van der Waals surface area (Å²) in [6, 6.07) is 9.19. The van der Waals surface area contributed by atoms with Gasteiger partial charge in [0.2, 0.25) is 0 Å². The van der Waals surface area contributed by atoms with E-state index in [1.165, 1.54) is 11.5 Å². The highest BCUT2D eigenvalue weighted by Crippen LogP contribution is 2.15. The summed E-state index contributed by atoms with van der Waals surface area (Å²) in [4.78, 5) is 9.00. The Hall–Kier alpha value is -1.95. The summed E-state index contributed by atoms with van der Waals surface area (Å²) in [7, 11) is 0. The highest BCUT2D eigenvalue weighted by molar-refractivity contribution is 7.03. The van der Waals surface area contributed by atoms with Crippen molar-refractivity contribution in [1.29, 1.82) is 0 Å². The number of primary amides is 2. The van der Waals surface area contributed by atoms with Crippen molar-refractivity contribution in [2.45, 2.75) is 0 Å². The topological polar surface area (TPSA) is 94.9 Å². The summed E-state index contributed by atoms with van der Waals surface area (Å²) in [6.45, 7) is 0. The molecule has 5 nitrogen and oxygen atoms in total. The number of urea groups is 1. The molecule has 1 aromatic heterocycles. The van der Waals surface area contributed by atoms with Crippen molar-refractivity contribution in [1.82, 2.24) is 9.59 Å². The Morgan fingerprint density at radius 3 is 2.27 bits per heavy atom. The maximum atomic E-state index is 9.00. The Bertz CT molecular complexity index is 397. The molecular formula is C9H10N4OS. The van der Waals surface area contributed by atoms with E-state index >= 15 is 0 Å². The fraction of sp³-hybridized carbons (Fsp3) is 0. The molecule has 2 aromatic rings. The minimum Gasteiger partial charge on any atom is -0.352 e. The molecule has 0 atom stereocenters. The van der Waals surface area contributed by atoms with Gasteiger partial charge in [-0.1, -0.05) is 34.8 Å². The number of rotatable bonds is 1. The maximum absolute atomic E-state index is 9.00. The summed E-state index contributed by atoms with van der Waals surface area (Å²) >= 11 is 1.37. The van der Waals surface area contributed by atoms with E-state index in [0.29, 0.717) is 0 Å². The van der Waals surface area contributed by atoms with Gasteiger partial charge in [0, 0.05) is 10.9 Å². The van der Waals surface area contributed by atoms with Gasteiger partial charge in [-0.25, -0.2) is 4.79 Å². The van der Waals surface area contributed by atoms with Crippen molar-refractivity contribution >= 4 is 17.6 Å². The molecule has 78 valence electrons. The number of hydrogen-bond donors (Lipinski definition) is 2. The lowest BCUT2D eigenvalue weighted by Crippen LogP contribution is -2.18. The number of amides is 2. The van der Waals surface area contributed by atoms with Crippen LogP contribution in [0.5, 0.6) is 0 Å². The van der Waals surface area contributed by atoms with Gasteiger partial charge in [0.05, 0.1) is 0 Å². The SMILES string of the molecule is NC(N)=O.c1ccc(-c2csnn2)cc1. The zero-order chi connectivity index (χ0) is 11.1. The summed E-state index contributed by atoms with van der Waals surface area (Å²) in [5, 5.41) is 5.89. The quantitative estimate of drug-likeness (QED) is 0.759. The molecule has 2 amide bonds. The van der Waals surface area contributed by atoms with Crippen molar-refractivity contribution in [2.24, 2.45) is 11.5 Å². The van der Waals surface area contributed by atoms with Crippen LogP contribution in [-0.4, -0.2) is 15.6 Å². The van der Waals surface area contributed by atoms with Gasteiger partial charge in [-0.2, -0.15) is 0 Å². The molecule has 0 aliphatic rings. The predicted molar refractivity (Wildman–Crippen MR) is 59.1 cm³/mol. The van der Waals surface area contributed by atoms with Crippen LogP contribution in [0.25, 0.3) is 11.3 Å². The van der Waals surface area contributed by atoms with Gasteiger partial charge in [-0.15, -0.1) is 5.10 Å². The molecule has 1 heterocycles. The lowest BCUT2D eigenvalue weighted by Gasteiger charge is -1.90. The maximum Gasteiger partial charge on any atom is 0.309 e. The summed E-state index contributed by atoms with van der Waals surface area (Å²) in [5.41, 5.74) is 10.6. The molecule has 15 heavy (non-hydrogen) atoms. The second-order valence-corrected chi connectivity index (χ2v) is 3.17. The van der Waals surface area contributed by atoms with Gasteiger partial charge in [0.1, 0.15) is 5.69 Å². The molecule has 0 saturated carbocycles. The Balaban J connectivity index is 0.000000245. The van der Waals surface area contributed by atoms with Crippen molar-refractivity contribution in [3.05, 3.63) is 35.7 Å². The van der Waals surface area contributed by atoms with E-state index in [1.54, 1.807) is 0 Å². The monoisotopic (exact) mass is 222 g/mol. The second-order valence-electron chi connectivity index (χ2n) is 2.56. The van der Waals surface area contributed by atoms with Crippen LogP contribution in [0.4, 0.5) is 4.79 Å². The first-order valence-electron chi connectivity index (χ1n) is 4.07. The van der Waals surface area contributed by atoms with Crippen molar-refractivity contribution in [3.63, 3.8) is 0 Å². The summed E-state index contributed by atoms with van der Waals surface area (Å²) < 4.78 is 3.79. The van der Waals surface area contributed by atoms with Gasteiger partial charge >= 0.3 is 6.03 Å². The molecule has 0 bridgehead atoms. The van der Waals surface area contributed by atoms with Gasteiger partial charge in [-0.05, 0) is 11.5 Å². The third-order valence-corrected chi connectivity index (χ3v) is 1.93. The number of nitrogens with zero attached hydrogens (tertiary/aromatic N) is 2. The fourth-order valence-corrected chi connectivity index (χ4v) is 1.36. The van der Waals surface area contributed by atoms with E-state index < -0.39 is 6.03 Å². The number of nitrogens with two attached hydrogens (primary N) is 2. The number of hydrogen-bond acceptors (Lipinski definition) is 4. The third-order valence-electron chi connectivity index (χ3n) is 1.43. The third kappa shape index (κ3) is 4.19. The molecule has 6 heteroatoms. The predicted octanol–water partition coefficient (Wildman–Crippen LogP) is 1.23. The number of benzene rings is 1. The van der Waals surface area contributed by atoms with Crippen molar-refractivity contribution in [2.75, 3.05) is 0 Å². The van der Waals surface area contributed by atoms with Crippen molar-refractivity contribution in [3.8, 4) is 11.3 Å². The van der Waals surface area contributed by atoms with Crippen LogP contribution in [0.2, 0.25) is 0 Å². The molecule has 0 fully saturated rings. The molecule has 1 aromatic carbocycles. The highest BCUT2D eigenvalue weighted by atomic mass is 32.1. The molecule has 0 unspecified atom stereocenters. The smallest absolute Gasteiger partial charge is 0.309 e. The van der Waals surface area contributed by atoms with Crippen LogP contribution in [0.3, 0.4) is 0 Å². The largest absolute Gasteiger partial charge is 0.352 e. The van der Waals surface area contributed by atoms with Gasteiger partial charge < -0.3 is 11.5 Å². The Morgan fingerprint density at radius 2 is 1.80 bits per heavy atom. The van der Waals surface area contributed by atoms with E-state index in [9.17, 15) is 0 Å². The van der Waals surface area contributed by atoms with E-state index in [1.807, 2.05) is 35.7 Å². The molecule has 0 aliphatic heterocycles. The lowest BCUT2D eigenvalue weighted by atomic mass is 10.2. The van der Waals surface area contributed by atoms with E-state index in [-0.39, 0.29) is 0 Å². The number of carbonyl (C=O) groups excluding carboxylic acids is 1. The van der Waals surface area contributed by atoms with Crippen LogP contribution >= 0.6 is 11.5 Å². The molecule has 2 rings (SSSR count). The molecule has 0 radical (unpaired) electrons. The van der Waals surface area contributed by atoms with Crippen LogP contribution in [0, 0.1) is 0 Å². The normalized spacial score (nSPS) is 8.80. The Kier molecular flexibility index (Phi) is 4.24. The minimum atomic E-state index is -0.833.